The van der Waals surface area contributed by atoms with Crippen LogP contribution in [0.5, 0.6) is 0 Å². The molecule has 0 aromatic heterocycles. The molecule has 0 unspecified atom stereocenters. The highest BCUT2D eigenvalue weighted by atomic mass is 16.3. The van der Waals surface area contributed by atoms with Crippen LogP contribution in [-0.4, -0.2) is 5.11 Å². The quantitative estimate of drug-likeness (QED) is 0.716. The fraction of sp³-hybridized carbons (Fsp3) is 0. The minimum absolute atomic E-state index is 0.289. The Morgan fingerprint density at radius 1 is 1.00 bits per heavy atom. The Balaban J connectivity index is 2.18. The van der Waals surface area contributed by atoms with Crippen LogP contribution in [0.25, 0.3) is 5.76 Å². The van der Waals surface area contributed by atoms with Gasteiger partial charge in [0.25, 0.3) is 0 Å². The maximum absolute atomic E-state index is 9.75. The molecule has 1 aromatic rings. The average molecular weight is 196 g/mol. The van der Waals surface area contributed by atoms with Gasteiger partial charge in [-0.1, -0.05) is 60.7 Å². The van der Waals surface area contributed by atoms with Crippen LogP contribution in [0, 0.1) is 0 Å². The van der Waals surface area contributed by atoms with Crippen LogP contribution < -0.4 is 0 Å². The first-order valence-electron chi connectivity index (χ1n) is 4.87. The Hall–Kier alpha value is -2.02. The molecular weight excluding hydrogens is 184 g/mol. The summed E-state index contributed by atoms with van der Waals surface area (Å²) in [6.07, 6.45) is 11.5. The smallest absolute Gasteiger partial charge is 0.122 e. The SMILES string of the molecule is OC(=CC=C1C=CC=C1)c1ccccc1. The molecule has 15 heavy (non-hydrogen) atoms. The third kappa shape index (κ3) is 2.47. The summed E-state index contributed by atoms with van der Waals surface area (Å²) in [5, 5.41) is 9.75. The molecule has 1 nitrogen and oxygen atoms in total. The van der Waals surface area contributed by atoms with E-state index in [-0.39, 0.29) is 5.76 Å². The summed E-state index contributed by atoms with van der Waals surface area (Å²) in [4.78, 5) is 0. The minimum atomic E-state index is 0.289. The number of allylic oxidation sites excluding steroid dienone is 7. The predicted octanol–water partition coefficient (Wildman–Crippen LogP) is 3.64. The Kier molecular flexibility index (Phi) is 2.84. The van der Waals surface area contributed by atoms with Gasteiger partial charge in [-0.3, -0.25) is 0 Å². The number of rotatable bonds is 2. The van der Waals surface area contributed by atoms with E-state index < -0.39 is 0 Å². The summed E-state index contributed by atoms with van der Waals surface area (Å²) in [6.45, 7) is 0. The molecule has 0 saturated heterocycles. The van der Waals surface area contributed by atoms with Crippen molar-refractivity contribution < 1.29 is 5.11 Å². The molecule has 1 aliphatic carbocycles. The molecule has 0 amide bonds. The molecule has 0 bridgehead atoms. The van der Waals surface area contributed by atoms with Crippen molar-refractivity contribution >= 4 is 5.76 Å². The standard InChI is InChI=1S/C14H12O/c15-14(13-8-2-1-3-9-13)11-10-12-6-4-5-7-12/h1-11,15H. The number of aliphatic hydroxyl groups is 1. The second kappa shape index (κ2) is 4.47. The van der Waals surface area contributed by atoms with Gasteiger partial charge in [-0.2, -0.15) is 0 Å². The zero-order valence-corrected chi connectivity index (χ0v) is 8.30. The van der Waals surface area contributed by atoms with Crippen LogP contribution in [0.4, 0.5) is 0 Å². The third-order valence-electron chi connectivity index (χ3n) is 2.19. The molecule has 1 heteroatoms. The minimum Gasteiger partial charge on any atom is -0.507 e. The van der Waals surface area contributed by atoms with E-state index in [0.717, 1.165) is 11.1 Å². The normalized spacial score (nSPS) is 14.7. The van der Waals surface area contributed by atoms with Crippen molar-refractivity contribution in [2.45, 2.75) is 0 Å². The van der Waals surface area contributed by atoms with Crippen LogP contribution >= 0.6 is 0 Å². The van der Waals surface area contributed by atoms with Crippen molar-refractivity contribution in [3.05, 3.63) is 77.9 Å². The van der Waals surface area contributed by atoms with E-state index in [1.807, 2.05) is 60.7 Å². The lowest BCUT2D eigenvalue weighted by Crippen LogP contribution is -1.80. The third-order valence-corrected chi connectivity index (χ3v) is 2.19. The fourth-order valence-electron chi connectivity index (χ4n) is 1.38. The lowest BCUT2D eigenvalue weighted by atomic mass is 10.1. The summed E-state index contributed by atoms with van der Waals surface area (Å²) >= 11 is 0. The first-order chi connectivity index (χ1) is 7.36. The first-order valence-corrected chi connectivity index (χ1v) is 4.87. The van der Waals surface area contributed by atoms with Gasteiger partial charge in [0.2, 0.25) is 0 Å². The lowest BCUT2D eigenvalue weighted by molar-refractivity contribution is 0.512. The molecule has 0 fully saturated rings. The molecule has 0 radical (unpaired) electrons. The topological polar surface area (TPSA) is 20.2 Å². The summed E-state index contributed by atoms with van der Waals surface area (Å²) in [5.74, 6) is 0.289. The number of aliphatic hydroxyl groups excluding tert-OH is 1. The van der Waals surface area contributed by atoms with Gasteiger partial charge < -0.3 is 5.11 Å². The molecule has 2 rings (SSSR count). The molecule has 1 N–H and O–H groups in total. The maximum Gasteiger partial charge on any atom is 0.122 e. The molecule has 0 atom stereocenters. The summed E-state index contributed by atoms with van der Waals surface area (Å²) < 4.78 is 0. The summed E-state index contributed by atoms with van der Waals surface area (Å²) in [5.41, 5.74) is 1.93. The van der Waals surface area contributed by atoms with Gasteiger partial charge >= 0.3 is 0 Å². The van der Waals surface area contributed by atoms with Crippen molar-refractivity contribution in [3.63, 3.8) is 0 Å². The number of benzene rings is 1. The van der Waals surface area contributed by atoms with Crippen molar-refractivity contribution in [3.8, 4) is 0 Å². The van der Waals surface area contributed by atoms with Gasteiger partial charge in [-0.15, -0.1) is 0 Å². The van der Waals surface area contributed by atoms with Gasteiger partial charge in [-0.05, 0) is 11.6 Å². The second-order valence-corrected chi connectivity index (χ2v) is 3.30. The van der Waals surface area contributed by atoms with Crippen LogP contribution in [0.2, 0.25) is 0 Å². The monoisotopic (exact) mass is 196 g/mol. The average Bonchev–Trinajstić information content (AvgIpc) is 2.80. The molecule has 74 valence electrons. The Morgan fingerprint density at radius 2 is 1.67 bits per heavy atom. The van der Waals surface area contributed by atoms with E-state index in [1.54, 1.807) is 6.08 Å². The summed E-state index contributed by atoms with van der Waals surface area (Å²) in [7, 11) is 0. The van der Waals surface area contributed by atoms with Gasteiger partial charge in [0.05, 0.1) is 0 Å². The van der Waals surface area contributed by atoms with Gasteiger partial charge in [-0.25, -0.2) is 0 Å². The highest BCUT2D eigenvalue weighted by Gasteiger charge is 1.95. The first kappa shape index (κ1) is 9.53. The number of hydrogen-bond acceptors (Lipinski definition) is 1. The largest absolute Gasteiger partial charge is 0.507 e. The van der Waals surface area contributed by atoms with Crippen molar-refractivity contribution in [1.82, 2.24) is 0 Å². The van der Waals surface area contributed by atoms with Gasteiger partial charge in [0.15, 0.2) is 0 Å². The van der Waals surface area contributed by atoms with E-state index in [4.69, 9.17) is 0 Å². The molecule has 0 aliphatic heterocycles. The van der Waals surface area contributed by atoms with E-state index in [2.05, 4.69) is 0 Å². The fourth-order valence-corrected chi connectivity index (χ4v) is 1.38. The zero-order valence-electron chi connectivity index (χ0n) is 8.30. The van der Waals surface area contributed by atoms with E-state index >= 15 is 0 Å². The van der Waals surface area contributed by atoms with Crippen molar-refractivity contribution in [2.24, 2.45) is 0 Å². The second-order valence-electron chi connectivity index (χ2n) is 3.30. The lowest BCUT2D eigenvalue weighted by Gasteiger charge is -1.97. The molecule has 1 aromatic carbocycles. The van der Waals surface area contributed by atoms with E-state index in [9.17, 15) is 5.11 Å². The zero-order chi connectivity index (χ0) is 10.5. The maximum atomic E-state index is 9.75. The summed E-state index contributed by atoms with van der Waals surface area (Å²) in [6, 6.07) is 9.50. The van der Waals surface area contributed by atoms with E-state index in [0.29, 0.717) is 0 Å². The Morgan fingerprint density at radius 3 is 2.33 bits per heavy atom. The highest BCUT2D eigenvalue weighted by molar-refractivity contribution is 5.60. The van der Waals surface area contributed by atoms with Crippen LogP contribution in [-0.2, 0) is 0 Å². The molecule has 0 heterocycles. The van der Waals surface area contributed by atoms with Crippen LogP contribution in [0.15, 0.2) is 72.4 Å². The van der Waals surface area contributed by atoms with E-state index in [1.165, 1.54) is 0 Å². The number of hydrogen-bond donors (Lipinski definition) is 1. The van der Waals surface area contributed by atoms with Crippen molar-refractivity contribution in [2.75, 3.05) is 0 Å². The van der Waals surface area contributed by atoms with Gasteiger partial charge in [0.1, 0.15) is 5.76 Å². The molecular formula is C14H12O. The predicted molar refractivity (Wildman–Crippen MR) is 63.4 cm³/mol. The van der Waals surface area contributed by atoms with Crippen molar-refractivity contribution in [1.29, 1.82) is 0 Å². The Labute approximate surface area is 89.4 Å². The Bertz CT molecular complexity index is 433. The highest BCUT2D eigenvalue weighted by Crippen LogP contribution is 2.13. The molecule has 0 spiro atoms. The molecule has 1 aliphatic rings. The van der Waals surface area contributed by atoms with Crippen LogP contribution in [0.1, 0.15) is 5.56 Å². The molecule has 0 saturated carbocycles. The van der Waals surface area contributed by atoms with Gasteiger partial charge in [0, 0.05) is 5.56 Å². The van der Waals surface area contributed by atoms with Crippen LogP contribution in [0.3, 0.4) is 0 Å².